The molecule has 0 atom stereocenters. The van der Waals surface area contributed by atoms with Crippen LogP contribution >= 0.6 is 0 Å². The van der Waals surface area contributed by atoms with E-state index in [-0.39, 0.29) is 5.91 Å². The number of anilines is 1. The number of likely N-dealkylation sites (tertiary alicyclic amines) is 1. The molecule has 1 saturated heterocycles. The van der Waals surface area contributed by atoms with Crippen molar-refractivity contribution < 1.29 is 18.0 Å². The molecule has 122 valence electrons. The van der Waals surface area contributed by atoms with Crippen molar-refractivity contribution in [2.75, 3.05) is 25.0 Å². The molecule has 1 N–H and O–H groups in total. The summed E-state index contributed by atoms with van der Waals surface area (Å²) in [6.07, 6.45) is 1.47. The Morgan fingerprint density at radius 2 is 1.55 bits per heavy atom. The van der Waals surface area contributed by atoms with Crippen LogP contribution in [0.25, 0.3) is 0 Å². The Morgan fingerprint density at radius 3 is 2.09 bits per heavy atom. The molecule has 0 aromatic heterocycles. The van der Waals surface area contributed by atoms with Gasteiger partial charge in [-0.15, -0.1) is 0 Å². The van der Waals surface area contributed by atoms with E-state index in [1.807, 2.05) is 0 Å². The van der Waals surface area contributed by atoms with E-state index in [4.69, 9.17) is 0 Å². The number of nitrogens with one attached hydrogen (secondary N) is 1. The van der Waals surface area contributed by atoms with Gasteiger partial charge in [0.05, 0.1) is 12.1 Å². The van der Waals surface area contributed by atoms with Gasteiger partial charge < -0.3 is 5.32 Å². The number of alkyl halides is 3. The van der Waals surface area contributed by atoms with E-state index in [1.54, 1.807) is 0 Å². The fourth-order valence-electron chi connectivity index (χ4n) is 2.62. The van der Waals surface area contributed by atoms with Crippen LogP contribution in [0.5, 0.6) is 0 Å². The predicted octanol–water partition coefficient (Wildman–Crippen LogP) is 3.91. The van der Waals surface area contributed by atoms with Crippen molar-refractivity contribution in [3.63, 3.8) is 0 Å². The largest absolute Gasteiger partial charge is 0.416 e. The molecule has 1 aromatic carbocycles. The van der Waals surface area contributed by atoms with Crippen molar-refractivity contribution >= 4 is 11.6 Å². The molecule has 6 heteroatoms. The summed E-state index contributed by atoms with van der Waals surface area (Å²) in [5, 5.41) is 2.66. The zero-order valence-electron chi connectivity index (χ0n) is 12.5. The van der Waals surface area contributed by atoms with Gasteiger partial charge in [-0.2, -0.15) is 13.2 Å². The number of rotatable bonds is 3. The second kappa shape index (κ2) is 7.63. The lowest BCUT2D eigenvalue weighted by Crippen LogP contribution is -2.35. The van der Waals surface area contributed by atoms with Crippen LogP contribution in [0, 0.1) is 0 Å². The van der Waals surface area contributed by atoms with Gasteiger partial charge in [0.1, 0.15) is 0 Å². The third-order valence-electron chi connectivity index (χ3n) is 3.81. The molecule has 0 aliphatic carbocycles. The fourth-order valence-corrected chi connectivity index (χ4v) is 2.62. The molecular formula is C16H21F3N2O. The number of carbonyl (C=O) groups excluding carboxylic acids is 1. The van der Waals surface area contributed by atoms with E-state index < -0.39 is 11.7 Å². The van der Waals surface area contributed by atoms with Gasteiger partial charge in [0.25, 0.3) is 0 Å². The first-order chi connectivity index (χ1) is 10.4. The van der Waals surface area contributed by atoms with E-state index in [0.717, 1.165) is 38.1 Å². The normalized spacial score (nSPS) is 17.6. The first-order valence-corrected chi connectivity index (χ1v) is 7.64. The molecule has 0 saturated carbocycles. The van der Waals surface area contributed by atoms with Crippen molar-refractivity contribution in [1.29, 1.82) is 0 Å². The lowest BCUT2D eigenvalue weighted by molar-refractivity contribution is -0.137. The van der Waals surface area contributed by atoms with Gasteiger partial charge in [-0.05, 0) is 50.2 Å². The predicted molar refractivity (Wildman–Crippen MR) is 79.6 cm³/mol. The number of hydrogen-bond acceptors (Lipinski definition) is 2. The monoisotopic (exact) mass is 314 g/mol. The molecule has 0 spiro atoms. The summed E-state index contributed by atoms with van der Waals surface area (Å²) in [5.74, 6) is -0.180. The number of halogens is 3. The van der Waals surface area contributed by atoms with Gasteiger partial charge in [-0.3, -0.25) is 9.69 Å². The van der Waals surface area contributed by atoms with Crippen molar-refractivity contribution in [1.82, 2.24) is 4.90 Å². The average molecular weight is 314 g/mol. The van der Waals surface area contributed by atoms with Crippen LogP contribution in [-0.4, -0.2) is 30.4 Å². The number of hydrogen-bond donors (Lipinski definition) is 1. The van der Waals surface area contributed by atoms with E-state index in [2.05, 4.69) is 10.2 Å². The highest BCUT2D eigenvalue weighted by molar-refractivity contribution is 5.92. The number of amides is 1. The second-order valence-corrected chi connectivity index (χ2v) is 5.67. The Kier molecular flexibility index (Phi) is 5.83. The van der Waals surface area contributed by atoms with Crippen LogP contribution in [0.3, 0.4) is 0 Å². The minimum atomic E-state index is -4.35. The van der Waals surface area contributed by atoms with Crippen LogP contribution in [0.15, 0.2) is 24.3 Å². The first-order valence-electron chi connectivity index (χ1n) is 7.64. The zero-order valence-corrected chi connectivity index (χ0v) is 12.5. The van der Waals surface area contributed by atoms with E-state index in [1.165, 1.54) is 31.4 Å². The molecule has 1 aliphatic heterocycles. The lowest BCUT2D eigenvalue weighted by atomic mass is 10.1. The lowest BCUT2D eigenvalue weighted by Gasteiger charge is -2.23. The Morgan fingerprint density at radius 1 is 1.00 bits per heavy atom. The van der Waals surface area contributed by atoms with E-state index in [9.17, 15) is 18.0 Å². The maximum atomic E-state index is 12.5. The highest BCUT2D eigenvalue weighted by atomic mass is 19.4. The third kappa shape index (κ3) is 5.33. The summed E-state index contributed by atoms with van der Waals surface area (Å²) in [5.41, 5.74) is -0.320. The number of carbonyl (C=O) groups is 1. The van der Waals surface area contributed by atoms with Gasteiger partial charge in [0.2, 0.25) is 5.91 Å². The highest BCUT2D eigenvalue weighted by Gasteiger charge is 2.30. The van der Waals surface area contributed by atoms with Crippen LogP contribution in [0.2, 0.25) is 0 Å². The fraction of sp³-hybridized carbons (Fsp3) is 0.562. The van der Waals surface area contributed by atoms with Crippen LogP contribution in [-0.2, 0) is 11.0 Å². The Hall–Kier alpha value is -1.56. The first kappa shape index (κ1) is 16.8. The molecule has 0 unspecified atom stereocenters. The second-order valence-electron chi connectivity index (χ2n) is 5.67. The molecule has 0 radical (unpaired) electrons. The zero-order chi connectivity index (χ0) is 16.0. The Balaban J connectivity index is 1.85. The molecular weight excluding hydrogens is 293 g/mol. The maximum Gasteiger partial charge on any atom is 0.416 e. The van der Waals surface area contributed by atoms with Crippen LogP contribution < -0.4 is 5.32 Å². The molecule has 22 heavy (non-hydrogen) atoms. The molecule has 1 heterocycles. The topological polar surface area (TPSA) is 32.3 Å². The summed E-state index contributed by atoms with van der Waals surface area (Å²) < 4.78 is 37.4. The van der Waals surface area contributed by atoms with E-state index >= 15 is 0 Å². The Bertz CT molecular complexity index is 477. The minimum Gasteiger partial charge on any atom is -0.325 e. The summed E-state index contributed by atoms with van der Waals surface area (Å²) in [4.78, 5) is 14.1. The summed E-state index contributed by atoms with van der Waals surface area (Å²) in [6, 6.07) is 4.53. The summed E-state index contributed by atoms with van der Waals surface area (Å²) >= 11 is 0. The average Bonchev–Trinajstić information content (AvgIpc) is 2.41. The smallest absolute Gasteiger partial charge is 0.325 e. The van der Waals surface area contributed by atoms with Crippen molar-refractivity contribution in [2.45, 2.75) is 38.3 Å². The maximum absolute atomic E-state index is 12.5. The summed E-state index contributed by atoms with van der Waals surface area (Å²) in [7, 11) is 0. The standard InChI is InChI=1S/C16H21F3N2O/c17-16(18,19)13-6-8-14(9-7-13)20-15(22)12-21-10-4-2-1-3-5-11-21/h6-9H,1-5,10-12H2,(H,20,22). The van der Waals surface area contributed by atoms with Gasteiger partial charge in [-0.1, -0.05) is 19.3 Å². The number of benzene rings is 1. The number of nitrogens with zero attached hydrogens (tertiary/aromatic N) is 1. The van der Waals surface area contributed by atoms with Crippen LogP contribution in [0.1, 0.15) is 37.7 Å². The molecule has 1 aromatic rings. The summed E-state index contributed by atoms with van der Waals surface area (Å²) in [6.45, 7) is 2.10. The van der Waals surface area contributed by atoms with Gasteiger partial charge >= 0.3 is 6.18 Å². The van der Waals surface area contributed by atoms with Gasteiger partial charge in [0.15, 0.2) is 0 Å². The van der Waals surface area contributed by atoms with E-state index in [0.29, 0.717) is 12.2 Å². The van der Waals surface area contributed by atoms with Crippen molar-refractivity contribution in [2.24, 2.45) is 0 Å². The molecule has 1 amide bonds. The van der Waals surface area contributed by atoms with Crippen LogP contribution in [0.4, 0.5) is 18.9 Å². The van der Waals surface area contributed by atoms with Gasteiger partial charge in [-0.25, -0.2) is 0 Å². The highest BCUT2D eigenvalue weighted by Crippen LogP contribution is 2.29. The Labute approximate surface area is 128 Å². The molecule has 1 aliphatic rings. The van der Waals surface area contributed by atoms with Gasteiger partial charge in [0, 0.05) is 5.69 Å². The molecule has 2 rings (SSSR count). The molecule has 1 fully saturated rings. The minimum absolute atomic E-state index is 0.180. The molecule has 0 bridgehead atoms. The third-order valence-corrected chi connectivity index (χ3v) is 3.81. The van der Waals surface area contributed by atoms with Crippen molar-refractivity contribution in [3.8, 4) is 0 Å². The SMILES string of the molecule is O=C(CN1CCCCCCC1)Nc1ccc(C(F)(F)F)cc1. The quantitative estimate of drug-likeness (QED) is 0.917. The molecule has 3 nitrogen and oxygen atoms in total. The van der Waals surface area contributed by atoms with Crippen molar-refractivity contribution in [3.05, 3.63) is 29.8 Å².